The molecule has 18 heavy (non-hydrogen) atoms. The number of nitrogens with zero attached hydrogens (tertiary/aromatic N) is 2. The molecule has 0 saturated heterocycles. The largest absolute Gasteiger partial charge is 0.492 e. The van der Waals surface area contributed by atoms with E-state index in [1.54, 1.807) is 0 Å². The highest BCUT2D eigenvalue weighted by molar-refractivity contribution is 5.42. The lowest BCUT2D eigenvalue weighted by Crippen LogP contribution is -2.10. The number of ether oxygens (including phenoxy) is 1. The number of rotatable bonds is 3. The summed E-state index contributed by atoms with van der Waals surface area (Å²) in [6, 6.07) is 7.73. The molecule has 2 N–H and O–H groups in total. The van der Waals surface area contributed by atoms with E-state index in [0.29, 0.717) is 18.3 Å². The predicted octanol–water partition coefficient (Wildman–Crippen LogP) is 2.00. The topological polar surface area (TPSA) is 74.2 Å². The van der Waals surface area contributed by atoms with E-state index in [4.69, 9.17) is 15.0 Å². The quantitative estimate of drug-likeness (QED) is 0.895. The molecule has 3 rings (SSSR count). The van der Waals surface area contributed by atoms with Crippen molar-refractivity contribution in [3.8, 4) is 5.75 Å². The van der Waals surface area contributed by atoms with E-state index in [1.165, 1.54) is 0 Å². The van der Waals surface area contributed by atoms with Crippen molar-refractivity contribution in [1.29, 1.82) is 0 Å². The number of para-hydroxylation sites is 1. The Morgan fingerprint density at radius 3 is 3.11 bits per heavy atom. The van der Waals surface area contributed by atoms with Crippen LogP contribution in [0.25, 0.3) is 0 Å². The highest BCUT2D eigenvalue weighted by Gasteiger charge is 2.29. The summed E-state index contributed by atoms with van der Waals surface area (Å²) >= 11 is 0. The number of aromatic nitrogens is 2. The lowest BCUT2D eigenvalue weighted by molar-refractivity contribution is 0.327. The number of benzene rings is 1. The maximum atomic E-state index is 5.87. The molecule has 1 aromatic heterocycles. The zero-order valence-electron chi connectivity index (χ0n) is 10.2. The minimum absolute atomic E-state index is 0.0442. The van der Waals surface area contributed by atoms with Crippen LogP contribution in [0.4, 0.5) is 0 Å². The van der Waals surface area contributed by atoms with Crippen molar-refractivity contribution in [3.05, 3.63) is 41.5 Å². The van der Waals surface area contributed by atoms with E-state index < -0.39 is 0 Å². The van der Waals surface area contributed by atoms with Crippen molar-refractivity contribution in [3.63, 3.8) is 0 Å². The molecule has 0 aliphatic carbocycles. The van der Waals surface area contributed by atoms with Crippen LogP contribution in [0.1, 0.15) is 42.6 Å². The van der Waals surface area contributed by atoms with Crippen LogP contribution in [0, 0.1) is 0 Å². The van der Waals surface area contributed by atoms with Crippen molar-refractivity contribution >= 4 is 0 Å². The summed E-state index contributed by atoms with van der Waals surface area (Å²) in [7, 11) is 0. The van der Waals surface area contributed by atoms with Crippen LogP contribution in [-0.2, 0) is 0 Å². The molecule has 5 heteroatoms. The van der Waals surface area contributed by atoms with E-state index in [2.05, 4.69) is 10.1 Å². The predicted molar refractivity (Wildman–Crippen MR) is 65.3 cm³/mol. The van der Waals surface area contributed by atoms with Gasteiger partial charge in [-0.1, -0.05) is 30.3 Å². The Morgan fingerprint density at radius 2 is 2.28 bits per heavy atom. The molecule has 94 valence electrons. The van der Waals surface area contributed by atoms with Crippen molar-refractivity contribution in [2.45, 2.75) is 25.3 Å². The van der Waals surface area contributed by atoms with E-state index in [9.17, 15) is 0 Å². The molecule has 0 spiro atoms. The number of fused-ring (bicyclic) bond motifs is 1. The molecule has 0 radical (unpaired) electrons. The van der Waals surface area contributed by atoms with Crippen molar-refractivity contribution in [1.82, 2.24) is 10.1 Å². The van der Waals surface area contributed by atoms with Gasteiger partial charge in [0, 0.05) is 5.56 Å². The molecule has 1 aliphatic heterocycles. The monoisotopic (exact) mass is 245 g/mol. The van der Waals surface area contributed by atoms with Gasteiger partial charge in [-0.05, 0) is 12.5 Å². The summed E-state index contributed by atoms with van der Waals surface area (Å²) in [5, 5.41) is 4.02. The standard InChI is InChI=1S/C13H15N3O2/c1-2-10(14)13-15-12(16-18-13)9-7-17-11-6-4-3-5-8(9)11/h3-6,9-10H,2,7,14H2,1H3. The molecule has 0 amide bonds. The van der Waals surface area contributed by atoms with Crippen molar-refractivity contribution < 1.29 is 9.26 Å². The first-order valence-corrected chi connectivity index (χ1v) is 6.10. The fraction of sp³-hybridized carbons (Fsp3) is 0.385. The first-order chi connectivity index (χ1) is 8.79. The fourth-order valence-corrected chi connectivity index (χ4v) is 2.09. The highest BCUT2D eigenvalue weighted by atomic mass is 16.5. The molecule has 1 aromatic carbocycles. The van der Waals surface area contributed by atoms with Crippen LogP contribution in [-0.4, -0.2) is 16.7 Å². The van der Waals surface area contributed by atoms with Gasteiger partial charge >= 0.3 is 0 Å². The smallest absolute Gasteiger partial charge is 0.243 e. The first-order valence-electron chi connectivity index (χ1n) is 6.10. The number of nitrogens with two attached hydrogens (primary N) is 1. The molecular formula is C13H15N3O2. The SMILES string of the molecule is CCC(N)c1nc(C2COc3ccccc32)no1. The van der Waals surface area contributed by atoms with Crippen molar-refractivity contribution in [2.24, 2.45) is 5.73 Å². The van der Waals surface area contributed by atoms with Gasteiger partial charge in [0.1, 0.15) is 12.4 Å². The zero-order chi connectivity index (χ0) is 12.5. The van der Waals surface area contributed by atoms with Crippen LogP contribution in [0.3, 0.4) is 0 Å². The van der Waals surface area contributed by atoms with Crippen LogP contribution in [0.5, 0.6) is 5.75 Å². The van der Waals surface area contributed by atoms with Crippen molar-refractivity contribution in [2.75, 3.05) is 6.61 Å². The molecule has 2 atom stereocenters. The number of hydrogen-bond donors (Lipinski definition) is 1. The molecule has 0 bridgehead atoms. The molecule has 2 aromatic rings. The second-order valence-corrected chi connectivity index (χ2v) is 4.41. The second kappa shape index (κ2) is 4.42. The van der Waals surface area contributed by atoms with Gasteiger partial charge in [0.25, 0.3) is 0 Å². The van der Waals surface area contributed by atoms with Gasteiger partial charge in [-0.25, -0.2) is 0 Å². The molecule has 0 fully saturated rings. The third-order valence-corrected chi connectivity index (χ3v) is 3.23. The summed E-state index contributed by atoms with van der Waals surface area (Å²) in [5.41, 5.74) is 6.98. The molecule has 5 nitrogen and oxygen atoms in total. The maximum absolute atomic E-state index is 5.87. The van der Waals surface area contributed by atoms with Gasteiger partial charge in [0.2, 0.25) is 5.89 Å². The maximum Gasteiger partial charge on any atom is 0.243 e. The van der Waals surface area contributed by atoms with Crippen LogP contribution < -0.4 is 10.5 Å². The molecular weight excluding hydrogens is 230 g/mol. The first kappa shape index (κ1) is 11.2. The average Bonchev–Trinajstić information content (AvgIpc) is 3.03. The van der Waals surface area contributed by atoms with E-state index in [1.807, 2.05) is 31.2 Å². The minimum Gasteiger partial charge on any atom is -0.492 e. The second-order valence-electron chi connectivity index (χ2n) is 4.41. The van der Waals surface area contributed by atoms with E-state index in [-0.39, 0.29) is 12.0 Å². The summed E-state index contributed by atoms with van der Waals surface area (Å²) < 4.78 is 10.8. The number of hydrogen-bond acceptors (Lipinski definition) is 5. The third-order valence-electron chi connectivity index (χ3n) is 3.23. The lowest BCUT2D eigenvalue weighted by Gasteiger charge is -2.02. The summed E-state index contributed by atoms with van der Waals surface area (Å²) in [4.78, 5) is 4.38. The lowest BCUT2D eigenvalue weighted by atomic mass is 10.0. The van der Waals surface area contributed by atoms with Gasteiger partial charge in [-0.2, -0.15) is 4.98 Å². The van der Waals surface area contributed by atoms with Crippen LogP contribution in [0.15, 0.2) is 28.8 Å². The van der Waals surface area contributed by atoms with Crippen LogP contribution in [0.2, 0.25) is 0 Å². The Morgan fingerprint density at radius 1 is 1.44 bits per heavy atom. The van der Waals surface area contributed by atoms with Gasteiger partial charge in [-0.15, -0.1) is 0 Å². The molecule has 1 aliphatic rings. The van der Waals surface area contributed by atoms with E-state index >= 15 is 0 Å². The summed E-state index contributed by atoms with van der Waals surface area (Å²) in [5.74, 6) is 2.09. The fourth-order valence-electron chi connectivity index (χ4n) is 2.09. The van der Waals surface area contributed by atoms with Crippen LogP contribution >= 0.6 is 0 Å². The van der Waals surface area contributed by atoms with E-state index in [0.717, 1.165) is 17.7 Å². The molecule has 2 unspecified atom stereocenters. The zero-order valence-corrected chi connectivity index (χ0v) is 10.2. The Hall–Kier alpha value is -1.88. The van der Waals surface area contributed by atoms with Gasteiger partial charge in [0.05, 0.1) is 12.0 Å². The van der Waals surface area contributed by atoms with Gasteiger partial charge in [-0.3, -0.25) is 0 Å². The Labute approximate surface area is 105 Å². The third kappa shape index (κ3) is 1.76. The summed E-state index contributed by atoms with van der Waals surface area (Å²) in [6.07, 6.45) is 0.777. The summed E-state index contributed by atoms with van der Waals surface area (Å²) in [6.45, 7) is 2.54. The Bertz CT molecular complexity index is 553. The highest BCUT2D eigenvalue weighted by Crippen LogP contribution is 2.36. The Kier molecular flexibility index (Phi) is 2.76. The normalized spacial score (nSPS) is 19.3. The minimum atomic E-state index is -0.191. The molecule has 2 heterocycles. The van der Waals surface area contributed by atoms with Gasteiger partial charge in [0.15, 0.2) is 5.82 Å². The average molecular weight is 245 g/mol. The van der Waals surface area contributed by atoms with Gasteiger partial charge < -0.3 is 15.0 Å². The molecule has 0 saturated carbocycles. The Balaban J connectivity index is 1.91.